The Morgan fingerprint density at radius 2 is 1.82 bits per heavy atom. The largest absolute Gasteiger partial charge is 0.335 e. The lowest BCUT2D eigenvalue weighted by molar-refractivity contribution is -0.134. The molecule has 0 spiro atoms. The van der Waals surface area contributed by atoms with Crippen molar-refractivity contribution < 1.29 is 9.59 Å². The maximum Gasteiger partial charge on any atom is 0.243 e. The van der Waals surface area contributed by atoms with Gasteiger partial charge in [0, 0.05) is 12.7 Å². The summed E-state index contributed by atoms with van der Waals surface area (Å²) in [5, 5.41) is 2.86. The van der Waals surface area contributed by atoms with Crippen LogP contribution < -0.4 is 11.1 Å². The predicted molar refractivity (Wildman–Crippen MR) is 92.3 cm³/mol. The predicted octanol–water partition coefficient (Wildman–Crippen LogP) is 2.25. The zero-order valence-corrected chi connectivity index (χ0v) is 14.5. The van der Waals surface area contributed by atoms with E-state index in [0.29, 0.717) is 6.42 Å². The van der Waals surface area contributed by atoms with Gasteiger partial charge in [-0.2, -0.15) is 0 Å². The monoisotopic (exact) mass is 327 g/mol. The molecule has 0 aliphatic heterocycles. The van der Waals surface area contributed by atoms with Gasteiger partial charge in [0.15, 0.2) is 0 Å². The van der Waals surface area contributed by atoms with Gasteiger partial charge in [-0.25, -0.2) is 0 Å². The lowest BCUT2D eigenvalue weighted by Gasteiger charge is -2.21. The number of amides is 2. The minimum absolute atomic E-state index is 0. The second kappa shape index (κ2) is 9.43. The van der Waals surface area contributed by atoms with Gasteiger partial charge >= 0.3 is 0 Å². The number of rotatable bonds is 6. The third-order valence-electron chi connectivity index (χ3n) is 3.42. The molecule has 1 unspecified atom stereocenters. The molecular weight excluding hydrogens is 302 g/mol. The highest BCUT2D eigenvalue weighted by Gasteiger charge is 2.19. The Bertz CT molecular complexity index is 500. The van der Waals surface area contributed by atoms with E-state index in [1.54, 1.807) is 7.05 Å². The van der Waals surface area contributed by atoms with Gasteiger partial charge in [0.2, 0.25) is 11.8 Å². The van der Waals surface area contributed by atoms with E-state index >= 15 is 0 Å². The van der Waals surface area contributed by atoms with Crippen molar-refractivity contribution in [3.05, 3.63) is 29.3 Å². The molecule has 1 atom stereocenters. The molecule has 0 aromatic heterocycles. The zero-order valence-electron chi connectivity index (χ0n) is 13.7. The molecule has 1 aromatic carbocycles. The van der Waals surface area contributed by atoms with E-state index in [9.17, 15) is 9.59 Å². The summed E-state index contributed by atoms with van der Waals surface area (Å²) in [5.41, 5.74) is 8.59. The number of nitrogens with two attached hydrogens (primary N) is 1. The number of benzene rings is 1. The SMILES string of the molecule is CCCC(N)C(=O)N(C)CC(=O)Nc1c(C)cccc1C.Cl. The fourth-order valence-corrected chi connectivity index (χ4v) is 2.20. The van der Waals surface area contributed by atoms with Crippen molar-refractivity contribution in [3.63, 3.8) is 0 Å². The number of likely N-dealkylation sites (N-methyl/N-ethyl adjacent to an activating group) is 1. The molecule has 2 amide bonds. The van der Waals surface area contributed by atoms with Crippen LogP contribution in [0.15, 0.2) is 18.2 Å². The Kier molecular flexibility index (Phi) is 8.75. The quantitative estimate of drug-likeness (QED) is 0.841. The van der Waals surface area contributed by atoms with Crippen molar-refractivity contribution in [1.82, 2.24) is 4.90 Å². The van der Waals surface area contributed by atoms with Crippen molar-refractivity contribution in [3.8, 4) is 0 Å². The number of anilines is 1. The van der Waals surface area contributed by atoms with Gasteiger partial charge in [0.25, 0.3) is 0 Å². The van der Waals surface area contributed by atoms with Crippen molar-refractivity contribution >= 4 is 29.9 Å². The minimum Gasteiger partial charge on any atom is -0.335 e. The number of halogens is 1. The van der Waals surface area contributed by atoms with Crippen LogP contribution in [0.4, 0.5) is 5.69 Å². The molecule has 0 saturated carbocycles. The number of aryl methyl sites for hydroxylation is 2. The van der Waals surface area contributed by atoms with Crippen LogP contribution in [0.5, 0.6) is 0 Å². The third-order valence-corrected chi connectivity index (χ3v) is 3.42. The van der Waals surface area contributed by atoms with Gasteiger partial charge < -0.3 is 16.0 Å². The van der Waals surface area contributed by atoms with E-state index in [0.717, 1.165) is 23.2 Å². The highest BCUT2D eigenvalue weighted by Crippen LogP contribution is 2.19. The fraction of sp³-hybridized carbons (Fsp3) is 0.500. The molecule has 6 heteroatoms. The minimum atomic E-state index is -0.534. The number of nitrogens with one attached hydrogen (secondary N) is 1. The molecule has 3 N–H and O–H groups in total. The summed E-state index contributed by atoms with van der Waals surface area (Å²) < 4.78 is 0. The van der Waals surface area contributed by atoms with E-state index < -0.39 is 6.04 Å². The maximum atomic E-state index is 12.1. The normalized spacial score (nSPS) is 11.3. The van der Waals surface area contributed by atoms with Crippen LogP contribution in [0.3, 0.4) is 0 Å². The second-order valence-corrected chi connectivity index (χ2v) is 5.40. The molecule has 5 nitrogen and oxygen atoms in total. The van der Waals surface area contributed by atoms with E-state index in [-0.39, 0.29) is 30.8 Å². The van der Waals surface area contributed by atoms with Gasteiger partial charge in [-0.3, -0.25) is 9.59 Å². The number of carbonyl (C=O) groups excluding carboxylic acids is 2. The Morgan fingerprint density at radius 3 is 2.32 bits per heavy atom. The molecule has 0 bridgehead atoms. The van der Waals surface area contributed by atoms with Crippen molar-refractivity contribution in [2.24, 2.45) is 5.73 Å². The van der Waals surface area contributed by atoms with Crippen LogP contribution in [0, 0.1) is 13.8 Å². The van der Waals surface area contributed by atoms with Crippen molar-refractivity contribution in [2.45, 2.75) is 39.7 Å². The summed E-state index contributed by atoms with van der Waals surface area (Å²) in [6.07, 6.45) is 1.47. The first-order valence-electron chi connectivity index (χ1n) is 7.23. The molecule has 0 aliphatic rings. The van der Waals surface area contributed by atoms with Crippen LogP contribution in [0.1, 0.15) is 30.9 Å². The van der Waals surface area contributed by atoms with Gasteiger partial charge in [0.1, 0.15) is 0 Å². The molecule has 0 radical (unpaired) electrons. The zero-order chi connectivity index (χ0) is 16.0. The second-order valence-electron chi connectivity index (χ2n) is 5.40. The first-order valence-corrected chi connectivity index (χ1v) is 7.23. The van der Waals surface area contributed by atoms with Gasteiger partial charge in [-0.15, -0.1) is 12.4 Å². The van der Waals surface area contributed by atoms with Gasteiger partial charge in [0.05, 0.1) is 12.6 Å². The topological polar surface area (TPSA) is 75.4 Å². The summed E-state index contributed by atoms with van der Waals surface area (Å²) in [6.45, 7) is 5.86. The Labute approximate surface area is 138 Å². The Morgan fingerprint density at radius 1 is 1.27 bits per heavy atom. The average Bonchev–Trinajstić information content (AvgIpc) is 2.42. The van der Waals surface area contributed by atoms with Crippen LogP contribution in [0.2, 0.25) is 0 Å². The van der Waals surface area contributed by atoms with Crippen molar-refractivity contribution in [1.29, 1.82) is 0 Å². The van der Waals surface area contributed by atoms with Crippen molar-refractivity contribution in [2.75, 3.05) is 18.9 Å². The molecule has 1 aromatic rings. The highest BCUT2D eigenvalue weighted by molar-refractivity contribution is 5.96. The molecule has 124 valence electrons. The van der Waals surface area contributed by atoms with E-state index in [1.807, 2.05) is 39.0 Å². The lowest BCUT2D eigenvalue weighted by atomic mass is 10.1. The van der Waals surface area contributed by atoms with Gasteiger partial charge in [-0.1, -0.05) is 31.5 Å². The van der Waals surface area contributed by atoms with E-state index in [2.05, 4.69) is 5.32 Å². The summed E-state index contributed by atoms with van der Waals surface area (Å²) in [7, 11) is 1.60. The summed E-state index contributed by atoms with van der Waals surface area (Å²) >= 11 is 0. The van der Waals surface area contributed by atoms with Gasteiger partial charge in [-0.05, 0) is 31.4 Å². The lowest BCUT2D eigenvalue weighted by Crippen LogP contribution is -2.44. The first kappa shape index (κ1) is 20.4. The van der Waals surface area contributed by atoms with Crippen LogP contribution >= 0.6 is 12.4 Å². The van der Waals surface area contributed by atoms with Crippen LogP contribution in [0.25, 0.3) is 0 Å². The first-order chi connectivity index (χ1) is 9.86. The smallest absolute Gasteiger partial charge is 0.243 e. The standard InChI is InChI=1S/C16H25N3O2.ClH/c1-5-7-13(17)16(21)19(4)10-14(20)18-15-11(2)8-6-9-12(15)3;/h6,8-9,13H,5,7,10,17H2,1-4H3,(H,18,20);1H. The van der Waals surface area contributed by atoms with Crippen LogP contribution in [-0.2, 0) is 9.59 Å². The molecule has 0 saturated heterocycles. The molecule has 22 heavy (non-hydrogen) atoms. The maximum absolute atomic E-state index is 12.1. The number of para-hydroxylation sites is 1. The Balaban J connectivity index is 0.00000441. The molecule has 0 aliphatic carbocycles. The molecule has 0 fully saturated rings. The summed E-state index contributed by atoms with van der Waals surface area (Å²) in [4.78, 5) is 25.4. The summed E-state index contributed by atoms with van der Waals surface area (Å²) in [5.74, 6) is -0.416. The van der Waals surface area contributed by atoms with E-state index in [4.69, 9.17) is 5.73 Å². The van der Waals surface area contributed by atoms with Crippen LogP contribution in [-0.4, -0.2) is 36.3 Å². The number of hydrogen-bond acceptors (Lipinski definition) is 3. The fourth-order valence-electron chi connectivity index (χ4n) is 2.20. The Hall–Kier alpha value is -1.59. The number of hydrogen-bond donors (Lipinski definition) is 2. The average molecular weight is 328 g/mol. The third kappa shape index (κ3) is 5.66. The summed E-state index contributed by atoms with van der Waals surface area (Å²) in [6, 6.07) is 5.29. The van der Waals surface area contributed by atoms with E-state index in [1.165, 1.54) is 4.90 Å². The highest BCUT2D eigenvalue weighted by atomic mass is 35.5. The number of nitrogens with zero attached hydrogens (tertiary/aromatic N) is 1. The molecule has 0 heterocycles. The number of carbonyl (C=O) groups is 2. The molecular formula is C16H26ClN3O2. The molecule has 1 rings (SSSR count).